The lowest BCUT2D eigenvalue weighted by Crippen LogP contribution is -2.08. The van der Waals surface area contributed by atoms with Crippen molar-refractivity contribution in [2.24, 2.45) is 0 Å². The Morgan fingerprint density at radius 1 is 0.842 bits per heavy atom. The Morgan fingerprint density at radius 3 is 1.63 bits per heavy atom. The molecule has 0 amide bonds. The first kappa shape index (κ1) is 19.0. The molecule has 0 aliphatic heterocycles. The molecule has 112 valence electrons. The second-order valence-electron chi connectivity index (χ2n) is 3.74. The summed E-state index contributed by atoms with van der Waals surface area (Å²) in [5.41, 5.74) is 0. The average Bonchev–Trinajstić information content (AvgIpc) is 2.39. The molecule has 0 spiro atoms. The number of hydrogen-bond acceptors (Lipinski definition) is 7. The highest BCUT2D eigenvalue weighted by Gasteiger charge is 2.06. The van der Waals surface area contributed by atoms with Crippen molar-refractivity contribution in [1.82, 2.24) is 0 Å². The van der Waals surface area contributed by atoms with Crippen LogP contribution < -0.4 is 0 Å². The Kier molecular flexibility index (Phi) is 14.4. The Bertz CT molecular complexity index is 225. The molecule has 0 aliphatic rings. The summed E-state index contributed by atoms with van der Waals surface area (Å²) >= 11 is 0. The predicted molar refractivity (Wildman–Crippen MR) is 84.2 cm³/mol. The molecule has 0 fully saturated rings. The number of rotatable bonds is 12. The maximum absolute atomic E-state index is 11.2. The summed E-state index contributed by atoms with van der Waals surface area (Å²) in [7, 11) is 4.19. The van der Waals surface area contributed by atoms with Crippen LogP contribution in [0.15, 0.2) is 0 Å². The molecule has 0 bridgehead atoms. The van der Waals surface area contributed by atoms with Gasteiger partial charge >= 0.3 is 11.9 Å². The molecule has 0 N–H and O–H groups in total. The van der Waals surface area contributed by atoms with Crippen molar-refractivity contribution < 1.29 is 19.1 Å². The summed E-state index contributed by atoms with van der Waals surface area (Å²) in [5.74, 6) is 0.229. The number of esters is 2. The smallest absolute Gasteiger partial charge is 0.316 e. The maximum atomic E-state index is 11.2. The number of unbranched alkanes of at least 4 members (excludes halogenated alkanes) is 2. The van der Waals surface area contributed by atoms with Gasteiger partial charge in [-0.3, -0.25) is 9.59 Å². The van der Waals surface area contributed by atoms with Gasteiger partial charge < -0.3 is 9.47 Å². The molecule has 4 nitrogen and oxygen atoms in total. The molecule has 19 heavy (non-hydrogen) atoms. The van der Waals surface area contributed by atoms with E-state index in [0.717, 1.165) is 25.7 Å². The van der Waals surface area contributed by atoms with E-state index < -0.39 is 0 Å². The van der Waals surface area contributed by atoms with Gasteiger partial charge in [0.25, 0.3) is 0 Å². The fourth-order valence-corrected chi connectivity index (χ4v) is 3.99. The minimum Gasteiger partial charge on any atom is -0.465 e. The molecule has 0 aliphatic carbocycles. The molecular formula is C12H22O4S3. The zero-order valence-electron chi connectivity index (χ0n) is 11.5. The first-order valence-corrected chi connectivity index (χ1v) is 10.2. The minimum absolute atomic E-state index is 0.197. The minimum atomic E-state index is -0.197. The zero-order chi connectivity index (χ0) is 14.3. The fourth-order valence-electron chi connectivity index (χ4n) is 0.922. The largest absolute Gasteiger partial charge is 0.465 e. The van der Waals surface area contributed by atoms with Crippen molar-refractivity contribution in [3.63, 3.8) is 0 Å². The highest BCUT2D eigenvalue weighted by Crippen LogP contribution is 2.34. The van der Waals surface area contributed by atoms with E-state index in [4.69, 9.17) is 9.47 Å². The number of hydrogen-bond donors (Lipinski definition) is 0. The summed E-state index contributed by atoms with van der Waals surface area (Å²) in [6, 6.07) is 0. The molecule has 0 rings (SSSR count). The molecule has 7 heteroatoms. The second-order valence-corrected chi connectivity index (χ2v) is 7.97. The summed E-state index contributed by atoms with van der Waals surface area (Å²) < 4.78 is 10.0. The Hall–Kier alpha value is -0.0100. The van der Waals surface area contributed by atoms with Gasteiger partial charge in [0.15, 0.2) is 0 Å². The Labute approximate surface area is 126 Å². The SMILES string of the molecule is CCCCOC(=O)CSSSCC(=O)OCCCC. The molecule has 0 saturated carbocycles. The molecule has 0 aromatic rings. The summed E-state index contributed by atoms with van der Waals surface area (Å²) in [6.07, 6.45) is 3.85. The van der Waals surface area contributed by atoms with Crippen LogP contribution in [0.25, 0.3) is 0 Å². The highest BCUT2D eigenvalue weighted by atomic mass is 33.5. The number of carbonyl (C=O) groups excluding carboxylic acids is 2. The van der Waals surface area contributed by atoms with Gasteiger partial charge in [-0.1, -0.05) is 48.3 Å². The van der Waals surface area contributed by atoms with E-state index in [1.807, 2.05) is 0 Å². The topological polar surface area (TPSA) is 52.6 Å². The number of carbonyl (C=O) groups is 2. The summed E-state index contributed by atoms with van der Waals surface area (Å²) in [5, 5.41) is 0. The standard InChI is InChI=1S/C12H22O4S3/c1-3-5-7-15-11(13)9-17-19-18-10-12(14)16-8-6-4-2/h3-10H2,1-2H3. The van der Waals surface area contributed by atoms with Crippen LogP contribution in [0.3, 0.4) is 0 Å². The lowest BCUT2D eigenvalue weighted by Gasteiger charge is -2.04. The van der Waals surface area contributed by atoms with Gasteiger partial charge in [0.1, 0.15) is 11.5 Å². The lowest BCUT2D eigenvalue weighted by molar-refractivity contribution is -0.141. The van der Waals surface area contributed by atoms with Crippen molar-refractivity contribution in [3.05, 3.63) is 0 Å². The second kappa shape index (κ2) is 14.4. The van der Waals surface area contributed by atoms with E-state index in [2.05, 4.69) is 13.8 Å². The Balaban J connectivity index is 3.29. The van der Waals surface area contributed by atoms with Crippen molar-refractivity contribution in [1.29, 1.82) is 0 Å². The van der Waals surface area contributed by atoms with Crippen molar-refractivity contribution >= 4 is 43.4 Å². The van der Waals surface area contributed by atoms with Crippen molar-refractivity contribution in [2.75, 3.05) is 24.7 Å². The first-order chi connectivity index (χ1) is 9.20. The van der Waals surface area contributed by atoms with Crippen LogP contribution in [-0.4, -0.2) is 36.7 Å². The zero-order valence-corrected chi connectivity index (χ0v) is 14.0. The van der Waals surface area contributed by atoms with Gasteiger partial charge in [-0.25, -0.2) is 0 Å². The highest BCUT2D eigenvalue weighted by molar-refractivity contribution is 9.09. The summed E-state index contributed by atoms with van der Waals surface area (Å²) in [6.45, 7) is 5.10. The van der Waals surface area contributed by atoms with Crippen molar-refractivity contribution in [3.8, 4) is 0 Å². The third-order valence-corrected chi connectivity index (χ3v) is 5.89. The molecule has 0 heterocycles. The van der Waals surface area contributed by atoms with Crippen LogP contribution >= 0.6 is 31.4 Å². The third kappa shape index (κ3) is 14.2. The van der Waals surface area contributed by atoms with Gasteiger partial charge in [0, 0.05) is 0 Å². The molecule has 0 unspecified atom stereocenters. The van der Waals surface area contributed by atoms with Gasteiger partial charge in [-0.15, -0.1) is 0 Å². The van der Waals surface area contributed by atoms with Crippen LogP contribution in [0.5, 0.6) is 0 Å². The fraction of sp³-hybridized carbons (Fsp3) is 0.833. The van der Waals surface area contributed by atoms with E-state index in [1.165, 1.54) is 31.4 Å². The maximum Gasteiger partial charge on any atom is 0.316 e. The van der Waals surface area contributed by atoms with E-state index in [1.54, 1.807) is 0 Å². The number of ether oxygens (including phenoxy) is 2. The first-order valence-electron chi connectivity index (χ1n) is 6.43. The normalized spacial score (nSPS) is 10.2. The van der Waals surface area contributed by atoms with Crippen LogP contribution in [0.1, 0.15) is 39.5 Å². The van der Waals surface area contributed by atoms with E-state index >= 15 is 0 Å². The average molecular weight is 327 g/mol. The summed E-state index contributed by atoms with van der Waals surface area (Å²) in [4.78, 5) is 22.5. The van der Waals surface area contributed by atoms with E-state index in [-0.39, 0.29) is 11.9 Å². The third-order valence-electron chi connectivity index (χ3n) is 1.97. The van der Waals surface area contributed by atoms with Gasteiger partial charge in [0.2, 0.25) is 0 Å². The van der Waals surface area contributed by atoms with Crippen LogP contribution in [0.2, 0.25) is 0 Å². The molecule has 0 saturated heterocycles. The monoisotopic (exact) mass is 326 g/mol. The van der Waals surface area contributed by atoms with Gasteiger partial charge in [0.05, 0.1) is 13.2 Å². The van der Waals surface area contributed by atoms with Gasteiger partial charge in [-0.2, -0.15) is 0 Å². The molecule has 0 atom stereocenters. The van der Waals surface area contributed by atoms with Crippen LogP contribution in [0, 0.1) is 0 Å². The van der Waals surface area contributed by atoms with Crippen LogP contribution in [0.4, 0.5) is 0 Å². The van der Waals surface area contributed by atoms with Crippen LogP contribution in [-0.2, 0) is 19.1 Å². The molecule has 0 aromatic carbocycles. The molecule has 0 radical (unpaired) electrons. The lowest BCUT2D eigenvalue weighted by atomic mass is 10.4. The van der Waals surface area contributed by atoms with E-state index in [9.17, 15) is 9.59 Å². The van der Waals surface area contributed by atoms with Gasteiger partial charge in [-0.05, 0) is 22.7 Å². The quantitative estimate of drug-likeness (QED) is 0.308. The Morgan fingerprint density at radius 2 is 1.26 bits per heavy atom. The van der Waals surface area contributed by atoms with Crippen molar-refractivity contribution in [2.45, 2.75) is 39.5 Å². The molecular weight excluding hydrogens is 304 g/mol. The predicted octanol–water partition coefficient (Wildman–Crippen LogP) is 3.70. The van der Waals surface area contributed by atoms with E-state index in [0.29, 0.717) is 24.7 Å². The molecule has 0 aromatic heterocycles.